The minimum atomic E-state index is -0.860. The highest BCUT2D eigenvalue weighted by Crippen LogP contribution is 2.32. The molecule has 0 unspecified atom stereocenters. The van der Waals surface area contributed by atoms with Crippen molar-refractivity contribution in [1.29, 1.82) is 0 Å². The molecule has 0 amide bonds. The Morgan fingerprint density at radius 2 is 2.21 bits per heavy atom. The number of aryl methyl sites for hydroxylation is 1. The molecule has 4 heteroatoms. The fourth-order valence-corrected chi connectivity index (χ4v) is 2.79. The van der Waals surface area contributed by atoms with Crippen LogP contribution < -0.4 is 0 Å². The molecule has 2 rings (SSSR count). The van der Waals surface area contributed by atoms with Gasteiger partial charge in [-0.15, -0.1) is 11.3 Å². The van der Waals surface area contributed by atoms with Crippen LogP contribution in [0.1, 0.15) is 15.2 Å². The summed E-state index contributed by atoms with van der Waals surface area (Å²) < 4.78 is 2.06. The predicted octanol–water partition coefficient (Wildman–Crippen LogP) is 3.67. The highest BCUT2D eigenvalue weighted by molar-refractivity contribution is 9.10. The van der Waals surface area contributed by atoms with E-state index in [4.69, 9.17) is 5.11 Å². The van der Waals surface area contributed by atoms with Crippen molar-refractivity contribution in [2.24, 2.45) is 0 Å². The lowest BCUT2D eigenvalue weighted by atomic mass is 10.2. The average Bonchev–Trinajstić information content (AvgIpc) is 2.56. The molecule has 0 atom stereocenters. The van der Waals surface area contributed by atoms with Gasteiger partial charge in [0.25, 0.3) is 0 Å². The van der Waals surface area contributed by atoms with Crippen LogP contribution in [0.15, 0.2) is 22.7 Å². The van der Waals surface area contributed by atoms with Gasteiger partial charge in [-0.1, -0.05) is 22.0 Å². The molecule has 0 aliphatic heterocycles. The first kappa shape index (κ1) is 9.68. The summed E-state index contributed by atoms with van der Waals surface area (Å²) in [6, 6.07) is 5.58. The summed E-state index contributed by atoms with van der Waals surface area (Å²) in [7, 11) is 0. The second-order valence-electron chi connectivity index (χ2n) is 3.01. The minimum Gasteiger partial charge on any atom is -0.477 e. The van der Waals surface area contributed by atoms with Gasteiger partial charge in [0.2, 0.25) is 0 Å². The Kier molecular flexibility index (Phi) is 2.33. The Labute approximate surface area is 93.3 Å². The minimum absolute atomic E-state index is 0.390. The van der Waals surface area contributed by atoms with Crippen LogP contribution in [0, 0.1) is 6.92 Å². The maximum atomic E-state index is 10.8. The lowest BCUT2D eigenvalue weighted by molar-refractivity contribution is 0.0702. The number of carboxylic acid groups (broad SMARTS) is 1. The molecule has 0 spiro atoms. The maximum absolute atomic E-state index is 10.8. The zero-order valence-corrected chi connectivity index (χ0v) is 9.78. The van der Waals surface area contributed by atoms with Gasteiger partial charge in [0.05, 0.1) is 0 Å². The second-order valence-corrected chi connectivity index (χ2v) is 4.91. The summed E-state index contributed by atoms with van der Waals surface area (Å²) in [5.41, 5.74) is 1.10. The zero-order chi connectivity index (χ0) is 10.3. The molecule has 0 saturated carbocycles. The summed E-state index contributed by atoms with van der Waals surface area (Å²) in [5, 5.41) is 9.84. The van der Waals surface area contributed by atoms with Gasteiger partial charge in [0.1, 0.15) is 4.88 Å². The predicted molar refractivity (Wildman–Crippen MR) is 61.2 cm³/mol. The Hall–Kier alpha value is -0.870. The summed E-state index contributed by atoms with van der Waals surface area (Å²) in [4.78, 5) is 11.2. The van der Waals surface area contributed by atoms with Crippen LogP contribution in [0.2, 0.25) is 0 Å². The Morgan fingerprint density at radius 1 is 1.50 bits per heavy atom. The van der Waals surface area contributed by atoms with Gasteiger partial charge in [-0.3, -0.25) is 0 Å². The van der Waals surface area contributed by atoms with Crippen molar-refractivity contribution in [2.45, 2.75) is 6.92 Å². The van der Waals surface area contributed by atoms with E-state index in [1.54, 1.807) is 6.07 Å². The molecule has 72 valence electrons. The van der Waals surface area contributed by atoms with Crippen LogP contribution in [-0.4, -0.2) is 11.1 Å². The lowest BCUT2D eigenvalue weighted by Gasteiger charge is -1.97. The Balaban J connectivity index is 2.77. The third kappa shape index (κ3) is 1.44. The van der Waals surface area contributed by atoms with Crippen molar-refractivity contribution in [3.63, 3.8) is 0 Å². The first-order valence-corrected chi connectivity index (χ1v) is 5.62. The van der Waals surface area contributed by atoms with E-state index in [1.807, 2.05) is 19.1 Å². The summed E-state index contributed by atoms with van der Waals surface area (Å²) >= 11 is 4.74. The van der Waals surface area contributed by atoms with Gasteiger partial charge >= 0.3 is 5.97 Å². The number of aromatic carboxylic acids is 1. The Bertz CT molecular complexity index is 516. The third-order valence-electron chi connectivity index (χ3n) is 2.08. The third-order valence-corrected chi connectivity index (χ3v) is 4.20. The number of hydrogen-bond donors (Lipinski definition) is 1. The molecule has 0 saturated heterocycles. The van der Waals surface area contributed by atoms with Gasteiger partial charge in [-0.2, -0.15) is 0 Å². The van der Waals surface area contributed by atoms with Gasteiger partial charge < -0.3 is 5.11 Å². The standard InChI is InChI=1S/C10H7BrO2S/c1-5-7(11)3-2-6-4-8(10(12)13)14-9(5)6/h2-4H,1H3,(H,12,13). The molecule has 14 heavy (non-hydrogen) atoms. The van der Waals surface area contributed by atoms with Gasteiger partial charge in [-0.25, -0.2) is 4.79 Å². The molecule has 0 radical (unpaired) electrons. The Morgan fingerprint density at radius 3 is 2.86 bits per heavy atom. The number of carbonyl (C=O) groups is 1. The van der Waals surface area contributed by atoms with E-state index in [2.05, 4.69) is 15.9 Å². The van der Waals surface area contributed by atoms with E-state index in [0.29, 0.717) is 4.88 Å². The summed E-state index contributed by atoms with van der Waals surface area (Å²) in [5.74, 6) is -0.860. The normalized spacial score (nSPS) is 10.7. The molecule has 2 aromatic rings. The fraction of sp³-hybridized carbons (Fsp3) is 0.100. The van der Waals surface area contributed by atoms with Crippen LogP contribution in [0.25, 0.3) is 10.1 Å². The van der Waals surface area contributed by atoms with Gasteiger partial charge in [0, 0.05) is 9.17 Å². The van der Waals surface area contributed by atoms with E-state index in [-0.39, 0.29) is 0 Å². The van der Waals surface area contributed by atoms with Crippen molar-refractivity contribution < 1.29 is 9.90 Å². The maximum Gasteiger partial charge on any atom is 0.345 e. The number of hydrogen-bond acceptors (Lipinski definition) is 2. The van der Waals surface area contributed by atoms with Gasteiger partial charge in [-0.05, 0) is 30.0 Å². The second kappa shape index (κ2) is 3.37. The summed E-state index contributed by atoms with van der Waals surface area (Å²) in [6.45, 7) is 1.98. The highest BCUT2D eigenvalue weighted by Gasteiger charge is 2.10. The van der Waals surface area contributed by atoms with Crippen LogP contribution in [0.4, 0.5) is 0 Å². The van der Waals surface area contributed by atoms with E-state index in [0.717, 1.165) is 20.1 Å². The molecule has 2 nitrogen and oxygen atoms in total. The SMILES string of the molecule is Cc1c(Br)ccc2cc(C(=O)O)sc12. The average molecular weight is 271 g/mol. The number of benzene rings is 1. The first-order valence-electron chi connectivity index (χ1n) is 4.01. The van der Waals surface area contributed by atoms with Crippen molar-refractivity contribution >= 4 is 43.3 Å². The van der Waals surface area contributed by atoms with Crippen LogP contribution in [0.5, 0.6) is 0 Å². The number of fused-ring (bicyclic) bond motifs is 1. The molecular weight excluding hydrogens is 264 g/mol. The van der Waals surface area contributed by atoms with E-state index in [1.165, 1.54) is 11.3 Å². The monoisotopic (exact) mass is 270 g/mol. The molecule has 1 heterocycles. The van der Waals surface area contributed by atoms with Crippen molar-refractivity contribution in [1.82, 2.24) is 0 Å². The molecule has 0 fully saturated rings. The number of rotatable bonds is 1. The number of thiophene rings is 1. The summed E-state index contributed by atoms with van der Waals surface area (Å²) in [6.07, 6.45) is 0. The van der Waals surface area contributed by atoms with Crippen LogP contribution in [0.3, 0.4) is 0 Å². The molecule has 1 N–H and O–H groups in total. The fourth-order valence-electron chi connectivity index (χ4n) is 1.32. The van der Waals surface area contributed by atoms with Crippen molar-refractivity contribution in [3.8, 4) is 0 Å². The quantitative estimate of drug-likeness (QED) is 0.859. The van der Waals surface area contributed by atoms with Gasteiger partial charge in [0.15, 0.2) is 0 Å². The zero-order valence-electron chi connectivity index (χ0n) is 7.37. The van der Waals surface area contributed by atoms with Crippen LogP contribution >= 0.6 is 27.3 Å². The van der Waals surface area contributed by atoms with Crippen molar-refractivity contribution in [3.05, 3.63) is 33.1 Å². The molecule has 1 aromatic heterocycles. The van der Waals surface area contributed by atoms with E-state index >= 15 is 0 Å². The van der Waals surface area contributed by atoms with Crippen molar-refractivity contribution in [2.75, 3.05) is 0 Å². The molecule has 0 aliphatic carbocycles. The lowest BCUT2D eigenvalue weighted by Crippen LogP contribution is -1.89. The smallest absolute Gasteiger partial charge is 0.345 e. The topological polar surface area (TPSA) is 37.3 Å². The van der Waals surface area contributed by atoms with Crippen LogP contribution in [-0.2, 0) is 0 Å². The van der Waals surface area contributed by atoms with E-state index in [9.17, 15) is 4.79 Å². The largest absolute Gasteiger partial charge is 0.477 e. The van der Waals surface area contributed by atoms with E-state index < -0.39 is 5.97 Å². The molecule has 0 aliphatic rings. The molecule has 1 aromatic carbocycles. The number of halogens is 1. The molecular formula is C10H7BrO2S. The molecule has 0 bridgehead atoms. The first-order chi connectivity index (χ1) is 6.59. The number of carboxylic acids is 1. The highest BCUT2D eigenvalue weighted by atomic mass is 79.9.